The number of hydrogen-bond acceptors (Lipinski definition) is 3. The van der Waals surface area contributed by atoms with E-state index < -0.39 is 0 Å². The molecule has 1 aromatic rings. The van der Waals surface area contributed by atoms with Crippen LogP contribution in [-0.4, -0.2) is 10.1 Å². The Morgan fingerprint density at radius 3 is 3.00 bits per heavy atom. The van der Waals surface area contributed by atoms with Crippen molar-refractivity contribution in [1.29, 1.82) is 0 Å². The van der Waals surface area contributed by atoms with E-state index in [2.05, 4.69) is 16.8 Å². The van der Waals surface area contributed by atoms with Crippen molar-refractivity contribution in [2.24, 2.45) is 0 Å². The molecular formula is C6H5NOS. The van der Waals surface area contributed by atoms with E-state index in [0.717, 1.165) is 0 Å². The van der Waals surface area contributed by atoms with Gasteiger partial charge in [0.25, 0.3) is 5.19 Å². The molecule has 46 valence electrons. The molecule has 0 atom stereocenters. The lowest BCUT2D eigenvalue weighted by atomic mass is 10.5. The third-order valence-corrected chi connectivity index (χ3v) is 1.39. The molecule has 0 aliphatic heterocycles. The molecule has 1 heterocycles. The van der Waals surface area contributed by atoms with Gasteiger partial charge in [0.05, 0.1) is 0 Å². The van der Waals surface area contributed by atoms with Crippen LogP contribution in [0.25, 0.3) is 0 Å². The Hall–Kier alpha value is -1.01. The van der Waals surface area contributed by atoms with Gasteiger partial charge in [-0.25, -0.2) is 0 Å². The van der Waals surface area contributed by atoms with Crippen molar-refractivity contribution in [2.75, 3.05) is 0 Å². The molecule has 0 bridgehead atoms. The summed E-state index contributed by atoms with van der Waals surface area (Å²) in [4.78, 5) is 3.70. The van der Waals surface area contributed by atoms with Gasteiger partial charge < -0.3 is 5.11 Å². The summed E-state index contributed by atoms with van der Waals surface area (Å²) in [6.45, 7) is 1.73. The Morgan fingerprint density at radius 1 is 1.78 bits per heavy atom. The van der Waals surface area contributed by atoms with Crippen LogP contribution >= 0.6 is 11.3 Å². The number of aromatic hydroxyl groups is 1. The zero-order valence-corrected chi connectivity index (χ0v) is 5.70. The van der Waals surface area contributed by atoms with Crippen LogP contribution in [0.1, 0.15) is 12.6 Å². The van der Waals surface area contributed by atoms with Gasteiger partial charge in [0.2, 0.25) is 0 Å². The van der Waals surface area contributed by atoms with Crippen molar-refractivity contribution >= 4 is 11.3 Å². The standard InChI is InChI=1S/C6H5NOS/c1-2-3-5-4-9-6(8)7-5/h4H,1H3,(H,7,8). The predicted octanol–water partition coefficient (Wildman–Crippen LogP) is 1.22. The smallest absolute Gasteiger partial charge is 0.271 e. The first-order valence-electron chi connectivity index (χ1n) is 2.40. The van der Waals surface area contributed by atoms with Gasteiger partial charge in [-0.2, -0.15) is 4.98 Å². The molecule has 0 aliphatic rings. The highest BCUT2D eigenvalue weighted by molar-refractivity contribution is 7.11. The summed E-state index contributed by atoms with van der Waals surface area (Å²) >= 11 is 1.19. The van der Waals surface area contributed by atoms with Gasteiger partial charge in [-0.1, -0.05) is 17.3 Å². The first-order chi connectivity index (χ1) is 4.33. The van der Waals surface area contributed by atoms with Crippen LogP contribution in [0, 0.1) is 11.8 Å². The van der Waals surface area contributed by atoms with Crippen molar-refractivity contribution in [1.82, 2.24) is 4.98 Å². The van der Waals surface area contributed by atoms with Crippen LogP contribution in [0.15, 0.2) is 5.38 Å². The fourth-order valence-corrected chi connectivity index (χ4v) is 0.929. The van der Waals surface area contributed by atoms with Gasteiger partial charge in [-0.15, -0.1) is 0 Å². The quantitative estimate of drug-likeness (QED) is 0.548. The first-order valence-corrected chi connectivity index (χ1v) is 3.28. The number of hydrogen-bond donors (Lipinski definition) is 1. The minimum Gasteiger partial charge on any atom is -0.486 e. The number of thiazole rings is 1. The number of aromatic nitrogens is 1. The van der Waals surface area contributed by atoms with Crippen LogP contribution < -0.4 is 0 Å². The van der Waals surface area contributed by atoms with Gasteiger partial charge in [0.1, 0.15) is 5.69 Å². The fraction of sp³-hybridized carbons (Fsp3) is 0.167. The van der Waals surface area contributed by atoms with Crippen LogP contribution in [0.2, 0.25) is 0 Å². The van der Waals surface area contributed by atoms with E-state index in [-0.39, 0.29) is 5.19 Å². The van der Waals surface area contributed by atoms with Crippen molar-refractivity contribution in [3.8, 4) is 17.0 Å². The van der Waals surface area contributed by atoms with Gasteiger partial charge in [0.15, 0.2) is 0 Å². The van der Waals surface area contributed by atoms with Gasteiger partial charge >= 0.3 is 0 Å². The summed E-state index contributed by atoms with van der Waals surface area (Å²) in [6.07, 6.45) is 0. The van der Waals surface area contributed by atoms with Crippen LogP contribution in [0.4, 0.5) is 0 Å². The fourth-order valence-electron chi connectivity index (χ4n) is 0.450. The molecule has 9 heavy (non-hydrogen) atoms. The lowest BCUT2D eigenvalue weighted by molar-refractivity contribution is 0.471. The Kier molecular flexibility index (Phi) is 1.71. The number of nitrogens with zero attached hydrogens (tertiary/aromatic N) is 1. The molecule has 0 radical (unpaired) electrons. The zero-order chi connectivity index (χ0) is 6.69. The van der Waals surface area contributed by atoms with E-state index in [1.807, 2.05) is 0 Å². The third kappa shape index (κ3) is 1.44. The van der Waals surface area contributed by atoms with Gasteiger partial charge in [-0.05, 0) is 12.8 Å². The molecule has 1 aromatic heterocycles. The maximum Gasteiger partial charge on any atom is 0.271 e. The highest BCUT2D eigenvalue weighted by Crippen LogP contribution is 2.14. The molecule has 1 N–H and O–H groups in total. The molecular weight excluding hydrogens is 134 g/mol. The van der Waals surface area contributed by atoms with Crippen molar-refractivity contribution in [2.45, 2.75) is 6.92 Å². The lowest BCUT2D eigenvalue weighted by Gasteiger charge is -1.72. The Balaban J connectivity index is 2.93. The molecule has 0 saturated heterocycles. The van der Waals surface area contributed by atoms with E-state index in [9.17, 15) is 0 Å². The number of rotatable bonds is 0. The summed E-state index contributed by atoms with van der Waals surface area (Å²) in [6, 6.07) is 0. The minimum atomic E-state index is 0.0766. The molecule has 2 nitrogen and oxygen atoms in total. The van der Waals surface area contributed by atoms with Crippen LogP contribution in [-0.2, 0) is 0 Å². The van der Waals surface area contributed by atoms with Crippen LogP contribution in [0.3, 0.4) is 0 Å². The summed E-state index contributed by atoms with van der Waals surface area (Å²) in [5.74, 6) is 5.40. The Bertz CT molecular complexity index is 256. The van der Waals surface area contributed by atoms with E-state index >= 15 is 0 Å². The SMILES string of the molecule is CC#Cc1csc(O)n1. The van der Waals surface area contributed by atoms with E-state index in [1.54, 1.807) is 12.3 Å². The molecule has 0 amide bonds. The molecule has 1 rings (SSSR count). The van der Waals surface area contributed by atoms with Gasteiger partial charge in [-0.3, -0.25) is 0 Å². The average Bonchev–Trinajstić information content (AvgIpc) is 2.17. The minimum absolute atomic E-state index is 0.0766. The van der Waals surface area contributed by atoms with Crippen molar-refractivity contribution in [3.05, 3.63) is 11.1 Å². The van der Waals surface area contributed by atoms with Crippen molar-refractivity contribution in [3.63, 3.8) is 0 Å². The second-order valence-electron chi connectivity index (χ2n) is 1.39. The molecule has 0 fully saturated rings. The molecule has 0 saturated carbocycles. The first kappa shape index (κ1) is 6.12. The summed E-state index contributed by atoms with van der Waals surface area (Å²) in [7, 11) is 0. The highest BCUT2D eigenvalue weighted by atomic mass is 32.1. The Labute approximate surface area is 57.2 Å². The summed E-state index contributed by atoms with van der Waals surface area (Å²) in [5, 5.41) is 10.5. The molecule has 0 aliphatic carbocycles. The normalized spacial score (nSPS) is 8.11. The van der Waals surface area contributed by atoms with Crippen molar-refractivity contribution < 1.29 is 5.11 Å². The van der Waals surface area contributed by atoms with E-state index in [1.165, 1.54) is 11.3 Å². The monoisotopic (exact) mass is 139 g/mol. The maximum atomic E-state index is 8.72. The van der Waals surface area contributed by atoms with Crippen LogP contribution in [0.5, 0.6) is 5.19 Å². The maximum absolute atomic E-state index is 8.72. The summed E-state index contributed by atoms with van der Waals surface area (Å²) < 4.78 is 0. The largest absolute Gasteiger partial charge is 0.486 e. The summed E-state index contributed by atoms with van der Waals surface area (Å²) in [5.41, 5.74) is 0.639. The second-order valence-corrected chi connectivity index (χ2v) is 2.23. The molecule has 3 heteroatoms. The topological polar surface area (TPSA) is 33.1 Å². The lowest BCUT2D eigenvalue weighted by Crippen LogP contribution is -1.68. The molecule has 0 aromatic carbocycles. The molecule has 0 spiro atoms. The molecule has 0 unspecified atom stereocenters. The highest BCUT2D eigenvalue weighted by Gasteiger charge is 1.92. The predicted molar refractivity (Wildman–Crippen MR) is 36.3 cm³/mol. The van der Waals surface area contributed by atoms with E-state index in [0.29, 0.717) is 5.69 Å². The van der Waals surface area contributed by atoms with Gasteiger partial charge in [0, 0.05) is 5.38 Å². The average molecular weight is 139 g/mol. The Morgan fingerprint density at radius 2 is 2.56 bits per heavy atom. The van der Waals surface area contributed by atoms with E-state index in [4.69, 9.17) is 5.11 Å². The zero-order valence-electron chi connectivity index (χ0n) is 4.88. The second kappa shape index (κ2) is 2.51. The third-order valence-electron chi connectivity index (χ3n) is 0.745.